The quantitative estimate of drug-likeness (QED) is 0.894. The molecule has 1 atom stereocenters. The molecule has 1 aromatic rings. The fraction of sp³-hybridized carbons (Fsp3) is 0.462. The summed E-state index contributed by atoms with van der Waals surface area (Å²) in [6.07, 6.45) is 1.90. The Bertz CT molecular complexity index is 450. The fourth-order valence-corrected chi connectivity index (χ4v) is 2.42. The molecule has 0 bridgehead atoms. The van der Waals surface area contributed by atoms with Crippen LogP contribution in [0.4, 0.5) is 9.18 Å². The minimum Gasteiger partial charge on any atom is -0.379 e. The summed E-state index contributed by atoms with van der Waals surface area (Å²) in [6, 6.07) is 4.24. The normalized spacial score (nSPS) is 18.9. The Morgan fingerprint density at radius 3 is 3.05 bits per heavy atom. The predicted molar refractivity (Wildman–Crippen MR) is 73.3 cm³/mol. The van der Waals surface area contributed by atoms with Gasteiger partial charge >= 0.3 is 6.03 Å². The first-order valence-corrected chi connectivity index (χ1v) is 7.00. The summed E-state index contributed by atoms with van der Waals surface area (Å²) < 4.78 is 18.8. The summed E-state index contributed by atoms with van der Waals surface area (Å²) in [5, 5.41) is 5.60. The van der Waals surface area contributed by atoms with Gasteiger partial charge in [-0.25, -0.2) is 9.18 Å². The highest BCUT2D eigenvalue weighted by molar-refractivity contribution is 9.10. The average Bonchev–Trinajstić information content (AvgIpc) is 2.39. The molecule has 2 rings (SSSR count). The van der Waals surface area contributed by atoms with E-state index in [9.17, 15) is 9.18 Å². The van der Waals surface area contributed by atoms with E-state index in [4.69, 9.17) is 4.74 Å². The van der Waals surface area contributed by atoms with Gasteiger partial charge in [-0.3, -0.25) is 0 Å². The fourth-order valence-electron chi connectivity index (χ4n) is 1.93. The van der Waals surface area contributed by atoms with E-state index in [0.717, 1.165) is 25.0 Å². The average molecular weight is 331 g/mol. The van der Waals surface area contributed by atoms with Crippen LogP contribution < -0.4 is 10.6 Å². The van der Waals surface area contributed by atoms with Gasteiger partial charge in [0.15, 0.2) is 0 Å². The smallest absolute Gasteiger partial charge is 0.315 e. The van der Waals surface area contributed by atoms with E-state index >= 15 is 0 Å². The second-order valence-corrected chi connectivity index (χ2v) is 5.33. The minimum absolute atomic E-state index is 0.0745. The van der Waals surface area contributed by atoms with E-state index in [2.05, 4.69) is 26.6 Å². The van der Waals surface area contributed by atoms with E-state index < -0.39 is 0 Å². The van der Waals surface area contributed by atoms with Crippen LogP contribution in [-0.2, 0) is 11.3 Å². The van der Waals surface area contributed by atoms with Crippen molar-refractivity contribution in [3.05, 3.63) is 34.1 Å². The molecule has 0 saturated carbocycles. The van der Waals surface area contributed by atoms with Crippen molar-refractivity contribution in [3.63, 3.8) is 0 Å². The highest BCUT2D eigenvalue weighted by Crippen LogP contribution is 2.17. The molecule has 1 aliphatic rings. The van der Waals surface area contributed by atoms with Gasteiger partial charge in [0, 0.05) is 17.6 Å². The molecule has 1 heterocycles. The van der Waals surface area contributed by atoms with Gasteiger partial charge in [0.25, 0.3) is 0 Å². The monoisotopic (exact) mass is 330 g/mol. The topological polar surface area (TPSA) is 50.4 Å². The lowest BCUT2D eigenvalue weighted by Crippen LogP contribution is -2.45. The molecule has 2 amide bonds. The zero-order valence-electron chi connectivity index (χ0n) is 10.4. The van der Waals surface area contributed by atoms with E-state index in [1.54, 1.807) is 6.07 Å². The van der Waals surface area contributed by atoms with Crippen molar-refractivity contribution in [1.29, 1.82) is 0 Å². The summed E-state index contributed by atoms with van der Waals surface area (Å²) in [4.78, 5) is 11.7. The SMILES string of the molecule is O=C(NCc1ccc(F)cc1Br)N[C@H]1CCCOC1. The highest BCUT2D eigenvalue weighted by Gasteiger charge is 2.15. The van der Waals surface area contributed by atoms with Crippen LogP contribution in [0.2, 0.25) is 0 Å². The predicted octanol–water partition coefficient (Wildman–Crippen LogP) is 2.57. The van der Waals surface area contributed by atoms with Crippen LogP contribution in [-0.4, -0.2) is 25.3 Å². The van der Waals surface area contributed by atoms with Crippen LogP contribution in [0.5, 0.6) is 0 Å². The van der Waals surface area contributed by atoms with E-state index in [1.807, 2.05) is 0 Å². The molecule has 0 radical (unpaired) electrons. The first-order valence-electron chi connectivity index (χ1n) is 6.21. The second-order valence-electron chi connectivity index (χ2n) is 4.48. The number of rotatable bonds is 3. The first kappa shape index (κ1) is 14.3. The summed E-state index contributed by atoms with van der Waals surface area (Å²) >= 11 is 3.26. The number of halogens is 2. The number of hydrogen-bond acceptors (Lipinski definition) is 2. The zero-order chi connectivity index (χ0) is 13.7. The van der Waals surface area contributed by atoms with Gasteiger partial charge in [-0.05, 0) is 30.5 Å². The van der Waals surface area contributed by atoms with Crippen molar-refractivity contribution < 1.29 is 13.9 Å². The van der Waals surface area contributed by atoms with Crippen LogP contribution >= 0.6 is 15.9 Å². The van der Waals surface area contributed by atoms with E-state index in [0.29, 0.717) is 17.6 Å². The molecule has 0 aliphatic carbocycles. The second kappa shape index (κ2) is 6.86. The summed E-state index contributed by atoms with van der Waals surface area (Å²) in [6.45, 7) is 1.68. The number of ether oxygens (including phenoxy) is 1. The molecule has 104 valence electrons. The van der Waals surface area contributed by atoms with Crippen LogP contribution in [0.3, 0.4) is 0 Å². The van der Waals surface area contributed by atoms with Crippen LogP contribution in [0.15, 0.2) is 22.7 Å². The molecule has 0 spiro atoms. The third-order valence-electron chi connectivity index (χ3n) is 2.95. The number of nitrogens with one attached hydrogen (secondary N) is 2. The van der Waals surface area contributed by atoms with Crippen molar-refractivity contribution in [2.24, 2.45) is 0 Å². The summed E-state index contributed by atoms with van der Waals surface area (Å²) in [5.74, 6) is -0.306. The summed E-state index contributed by atoms with van der Waals surface area (Å²) in [7, 11) is 0. The van der Waals surface area contributed by atoms with Gasteiger partial charge in [-0.2, -0.15) is 0 Å². The Hall–Kier alpha value is -1.14. The van der Waals surface area contributed by atoms with Crippen LogP contribution in [0.25, 0.3) is 0 Å². The Balaban J connectivity index is 1.79. The van der Waals surface area contributed by atoms with Crippen molar-refractivity contribution >= 4 is 22.0 Å². The van der Waals surface area contributed by atoms with Crippen LogP contribution in [0, 0.1) is 5.82 Å². The van der Waals surface area contributed by atoms with Gasteiger partial charge in [0.1, 0.15) is 5.82 Å². The maximum absolute atomic E-state index is 12.9. The number of carbonyl (C=O) groups excluding carboxylic acids is 1. The largest absolute Gasteiger partial charge is 0.379 e. The Morgan fingerprint density at radius 2 is 2.37 bits per heavy atom. The van der Waals surface area contributed by atoms with Gasteiger partial charge < -0.3 is 15.4 Å². The number of carbonyl (C=O) groups is 1. The van der Waals surface area contributed by atoms with Gasteiger partial charge in [0.05, 0.1) is 12.6 Å². The number of urea groups is 1. The maximum atomic E-state index is 12.9. The minimum atomic E-state index is -0.306. The Morgan fingerprint density at radius 1 is 1.53 bits per heavy atom. The van der Waals surface area contributed by atoms with Gasteiger partial charge in [-0.1, -0.05) is 22.0 Å². The molecule has 1 aliphatic heterocycles. The lowest BCUT2D eigenvalue weighted by atomic mass is 10.1. The van der Waals surface area contributed by atoms with E-state index in [-0.39, 0.29) is 17.9 Å². The molecular weight excluding hydrogens is 315 g/mol. The molecule has 0 aromatic heterocycles. The maximum Gasteiger partial charge on any atom is 0.315 e. The van der Waals surface area contributed by atoms with Gasteiger partial charge in [-0.15, -0.1) is 0 Å². The highest BCUT2D eigenvalue weighted by atomic mass is 79.9. The van der Waals surface area contributed by atoms with E-state index in [1.165, 1.54) is 12.1 Å². The molecule has 1 fully saturated rings. The van der Waals surface area contributed by atoms with Crippen molar-refractivity contribution in [2.45, 2.75) is 25.4 Å². The third kappa shape index (κ3) is 4.47. The molecule has 0 unspecified atom stereocenters. The molecular formula is C13H16BrFN2O2. The van der Waals surface area contributed by atoms with Crippen molar-refractivity contribution in [3.8, 4) is 0 Å². The summed E-state index contributed by atoms with van der Waals surface area (Å²) in [5.41, 5.74) is 0.830. The molecule has 4 nitrogen and oxygen atoms in total. The molecule has 6 heteroatoms. The number of hydrogen-bond donors (Lipinski definition) is 2. The third-order valence-corrected chi connectivity index (χ3v) is 3.69. The lowest BCUT2D eigenvalue weighted by molar-refractivity contribution is 0.0732. The Kier molecular flexibility index (Phi) is 5.15. The molecule has 19 heavy (non-hydrogen) atoms. The molecule has 1 aromatic carbocycles. The Labute approximate surface area is 119 Å². The molecule has 1 saturated heterocycles. The van der Waals surface area contributed by atoms with Gasteiger partial charge in [0.2, 0.25) is 0 Å². The molecule has 2 N–H and O–H groups in total. The lowest BCUT2D eigenvalue weighted by Gasteiger charge is -2.23. The van der Waals surface area contributed by atoms with Crippen molar-refractivity contribution in [2.75, 3.05) is 13.2 Å². The zero-order valence-corrected chi connectivity index (χ0v) is 12.0. The standard InChI is InChI=1S/C13H16BrFN2O2/c14-12-6-10(15)4-3-9(12)7-16-13(18)17-11-2-1-5-19-8-11/h3-4,6,11H,1-2,5,7-8H2,(H2,16,17,18)/t11-/m0/s1. The van der Waals surface area contributed by atoms with Crippen LogP contribution in [0.1, 0.15) is 18.4 Å². The number of amides is 2. The first-order chi connectivity index (χ1) is 9.15. The van der Waals surface area contributed by atoms with Crippen molar-refractivity contribution in [1.82, 2.24) is 10.6 Å². The number of benzene rings is 1.